The number of likely N-dealkylation sites (tertiary alicyclic amines) is 1. The van der Waals surface area contributed by atoms with E-state index >= 15 is 0 Å². The first-order valence-corrected chi connectivity index (χ1v) is 8.49. The maximum Gasteiger partial charge on any atom is 0.420 e. The van der Waals surface area contributed by atoms with Gasteiger partial charge in [-0.05, 0) is 25.0 Å². The second-order valence-corrected chi connectivity index (χ2v) is 6.19. The summed E-state index contributed by atoms with van der Waals surface area (Å²) < 4.78 is 12.4. The van der Waals surface area contributed by atoms with Gasteiger partial charge in [-0.3, -0.25) is 9.36 Å². The Hall–Kier alpha value is -3.16. The highest BCUT2D eigenvalue weighted by atomic mass is 16.5. The molecule has 26 heavy (non-hydrogen) atoms. The zero-order chi connectivity index (χ0) is 17.9. The Morgan fingerprint density at radius 1 is 1.31 bits per heavy atom. The first-order chi connectivity index (χ1) is 12.7. The van der Waals surface area contributed by atoms with Crippen LogP contribution in [0, 0.1) is 0 Å². The van der Waals surface area contributed by atoms with E-state index in [0.717, 1.165) is 12.8 Å². The molecular weight excluding hydrogens is 336 g/mol. The topological polar surface area (TPSA) is 90.5 Å². The molecular formula is C18H18N4O4. The Morgan fingerprint density at radius 2 is 2.19 bits per heavy atom. The average molecular weight is 354 g/mol. The van der Waals surface area contributed by atoms with Crippen LogP contribution in [0.2, 0.25) is 0 Å². The van der Waals surface area contributed by atoms with E-state index in [-0.39, 0.29) is 18.6 Å². The fourth-order valence-corrected chi connectivity index (χ4v) is 3.18. The number of ether oxygens (including phenoxy) is 1. The molecule has 8 nitrogen and oxygen atoms in total. The molecule has 0 N–H and O–H groups in total. The lowest BCUT2D eigenvalue weighted by Crippen LogP contribution is -2.46. The highest BCUT2D eigenvalue weighted by Gasteiger charge is 2.26. The number of amides is 1. The van der Waals surface area contributed by atoms with Crippen LogP contribution >= 0.6 is 0 Å². The number of hydrogen-bond donors (Lipinski definition) is 0. The van der Waals surface area contributed by atoms with Crippen LogP contribution in [-0.2, 0) is 11.3 Å². The molecule has 3 aromatic rings. The van der Waals surface area contributed by atoms with E-state index in [2.05, 4.69) is 9.97 Å². The molecule has 1 amide bonds. The van der Waals surface area contributed by atoms with Gasteiger partial charge in [0.2, 0.25) is 11.8 Å². The quantitative estimate of drug-likeness (QED) is 0.704. The van der Waals surface area contributed by atoms with Gasteiger partial charge in [-0.25, -0.2) is 14.8 Å². The van der Waals surface area contributed by atoms with Gasteiger partial charge in [0, 0.05) is 18.8 Å². The predicted octanol–water partition coefficient (Wildman–Crippen LogP) is 1.45. The lowest BCUT2D eigenvalue weighted by molar-refractivity contribution is -0.134. The predicted molar refractivity (Wildman–Crippen MR) is 92.7 cm³/mol. The number of carbonyl (C=O) groups is 1. The molecule has 1 aromatic carbocycles. The summed E-state index contributed by atoms with van der Waals surface area (Å²) in [6, 6.07) is 8.77. The van der Waals surface area contributed by atoms with Crippen LogP contribution in [-0.4, -0.2) is 44.5 Å². The summed E-state index contributed by atoms with van der Waals surface area (Å²) in [4.78, 5) is 34.4. The number of piperidine rings is 1. The van der Waals surface area contributed by atoms with E-state index in [4.69, 9.17) is 9.15 Å². The fourth-order valence-electron chi connectivity index (χ4n) is 3.18. The number of aromatic nitrogens is 3. The Bertz CT molecular complexity index is 966. The number of nitrogens with zero attached hydrogens (tertiary/aromatic N) is 4. The maximum atomic E-state index is 12.7. The zero-order valence-corrected chi connectivity index (χ0v) is 14.1. The van der Waals surface area contributed by atoms with Crippen molar-refractivity contribution in [3.05, 3.63) is 53.4 Å². The van der Waals surface area contributed by atoms with Crippen LogP contribution in [0.3, 0.4) is 0 Å². The summed E-state index contributed by atoms with van der Waals surface area (Å²) in [7, 11) is 0. The maximum absolute atomic E-state index is 12.7. The van der Waals surface area contributed by atoms with Gasteiger partial charge in [0.05, 0.1) is 12.1 Å². The third-order valence-electron chi connectivity index (χ3n) is 4.44. The van der Waals surface area contributed by atoms with Crippen molar-refractivity contribution in [1.82, 2.24) is 19.4 Å². The standard InChI is InChI=1S/C18H18N4O4/c23-17(11-22-14-5-1-2-6-15(14)26-18(22)24)21-9-3-4-13(10-21)25-16-7-8-19-12-20-16/h1-2,5-8,12-13H,3-4,9-11H2. The van der Waals surface area contributed by atoms with Gasteiger partial charge >= 0.3 is 5.76 Å². The lowest BCUT2D eigenvalue weighted by atomic mass is 10.1. The van der Waals surface area contributed by atoms with Crippen molar-refractivity contribution in [2.45, 2.75) is 25.5 Å². The minimum Gasteiger partial charge on any atom is -0.472 e. The molecule has 134 valence electrons. The monoisotopic (exact) mass is 354 g/mol. The lowest BCUT2D eigenvalue weighted by Gasteiger charge is -2.32. The van der Waals surface area contributed by atoms with E-state index < -0.39 is 5.76 Å². The summed E-state index contributed by atoms with van der Waals surface area (Å²) in [6.45, 7) is 1.07. The van der Waals surface area contributed by atoms with E-state index in [9.17, 15) is 9.59 Å². The number of rotatable bonds is 4. The van der Waals surface area contributed by atoms with Crippen LogP contribution in [0.5, 0.6) is 5.88 Å². The van der Waals surface area contributed by atoms with Gasteiger partial charge in [0.15, 0.2) is 5.58 Å². The SMILES string of the molecule is O=C(Cn1c(=O)oc2ccccc21)N1CCCC(Oc2ccncn2)C1. The van der Waals surface area contributed by atoms with Gasteiger partial charge < -0.3 is 14.1 Å². The molecule has 2 aromatic heterocycles. The Labute approximate surface area is 149 Å². The van der Waals surface area contributed by atoms with Gasteiger partial charge in [0.25, 0.3) is 0 Å². The van der Waals surface area contributed by atoms with Crippen molar-refractivity contribution in [2.24, 2.45) is 0 Å². The van der Waals surface area contributed by atoms with Crippen molar-refractivity contribution in [3.8, 4) is 5.88 Å². The van der Waals surface area contributed by atoms with Crippen molar-refractivity contribution in [2.75, 3.05) is 13.1 Å². The largest absolute Gasteiger partial charge is 0.472 e. The zero-order valence-electron chi connectivity index (χ0n) is 14.1. The molecule has 0 saturated carbocycles. The molecule has 1 atom stereocenters. The van der Waals surface area contributed by atoms with Gasteiger partial charge in [0.1, 0.15) is 19.0 Å². The van der Waals surface area contributed by atoms with Crippen LogP contribution in [0.15, 0.2) is 52.1 Å². The van der Waals surface area contributed by atoms with Crippen molar-refractivity contribution < 1.29 is 13.9 Å². The second kappa shape index (κ2) is 6.99. The minimum atomic E-state index is -0.523. The first kappa shape index (κ1) is 16.3. The van der Waals surface area contributed by atoms with Crippen LogP contribution in [0.25, 0.3) is 11.1 Å². The number of carbonyl (C=O) groups excluding carboxylic acids is 1. The van der Waals surface area contributed by atoms with E-state index in [1.807, 2.05) is 6.07 Å². The Morgan fingerprint density at radius 3 is 3.04 bits per heavy atom. The van der Waals surface area contributed by atoms with Gasteiger partial charge in [-0.15, -0.1) is 0 Å². The third kappa shape index (κ3) is 3.30. The van der Waals surface area contributed by atoms with Crippen molar-refractivity contribution in [1.29, 1.82) is 0 Å². The van der Waals surface area contributed by atoms with Crippen LogP contribution < -0.4 is 10.5 Å². The first-order valence-electron chi connectivity index (χ1n) is 8.49. The number of para-hydroxylation sites is 2. The molecule has 3 heterocycles. The molecule has 1 aliphatic rings. The summed E-state index contributed by atoms with van der Waals surface area (Å²) in [5.74, 6) is -0.156. The third-order valence-corrected chi connectivity index (χ3v) is 4.44. The summed E-state index contributed by atoms with van der Waals surface area (Å²) in [5, 5.41) is 0. The molecule has 8 heteroatoms. The summed E-state index contributed by atoms with van der Waals surface area (Å²) in [6.07, 6.45) is 4.60. The summed E-state index contributed by atoms with van der Waals surface area (Å²) in [5.41, 5.74) is 1.10. The Balaban J connectivity index is 1.46. The smallest absolute Gasteiger partial charge is 0.420 e. The number of oxazole rings is 1. The molecule has 1 unspecified atom stereocenters. The highest BCUT2D eigenvalue weighted by Crippen LogP contribution is 2.17. The molecule has 0 radical (unpaired) electrons. The number of benzene rings is 1. The van der Waals surface area contributed by atoms with E-state index in [1.165, 1.54) is 10.9 Å². The molecule has 1 aliphatic heterocycles. The minimum absolute atomic E-state index is 0.0456. The van der Waals surface area contributed by atoms with E-state index in [0.29, 0.717) is 30.1 Å². The van der Waals surface area contributed by atoms with E-state index in [1.54, 1.807) is 35.4 Å². The molecule has 0 aliphatic carbocycles. The molecule has 1 saturated heterocycles. The van der Waals surface area contributed by atoms with Crippen molar-refractivity contribution in [3.63, 3.8) is 0 Å². The normalized spacial score (nSPS) is 17.4. The van der Waals surface area contributed by atoms with Gasteiger partial charge in [-0.2, -0.15) is 0 Å². The second-order valence-electron chi connectivity index (χ2n) is 6.19. The van der Waals surface area contributed by atoms with Crippen LogP contribution in [0.4, 0.5) is 0 Å². The highest BCUT2D eigenvalue weighted by molar-refractivity contribution is 5.79. The summed E-state index contributed by atoms with van der Waals surface area (Å²) >= 11 is 0. The average Bonchev–Trinajstić information content (AvgIpc) is 2.98. The molecule has 1 fully saturated rings. The van der Waals surface area contributed by atoms with Crippen LogP contribution in [0.1, 0.15) is 12.8 Å². The van der Waals surface area contributed by atoms with Crippen molar-refractivity contribution >= 4 is 17.0 Å². The fraction of sp³-hybridized carbons (Fsp3) is 0.333. The molecule has 0 spiro atoms. The number of fused-ring (bicyclic) bond motifs is 1. The number of hydrogen-bond acceptors (Lipinski definition) is 6. The molecule has 4 rings (SSSR count). The Kier molecular flexibility index (Phi) is 4.39. The van der Waals surface area contributed by atoms with Gasteiger partial charge in [-0.1, -0.05) is 12.1 Å². The molecule has 0 bridgehead atoms.